The third kappa shape index (κ3) is 1.73. The molecule has 1 rings (SSSR count). The van der Waals surface area contributed by atoms with E-state index < -0.39 is 21.8 Å². The van der Waals surface area contributed by atoms with Gasteiger partial charge in [0.25, 0.3) is 6.43 Å². The van der Waals surface area contributed by atoms with Crippen molar-refractivity contribution >= 4 is 41.0 Å². The molecule has 68 valence electrons. The summed E-state index contributed by atoms with van der Waals surface area (Å²) in [4.78, 5) is 3.58. The van der Waals surface area contributed by atoms with Crippen molar-refractivity contribution in [2.24, 2.45) is 4.99 Å². The van der Waals surface area contributed by atoms with Gasteiger partial charge in [-0.25, -0.2) is 8.78 Å². The van der Waals surface area contributed by atoms with Crippen LogP contribution in [0.25, 0.3) is 0 Å². The van der Waals surface area contributed by atoms with Crippen LogP contribution in [0.5, 0.6) is 0 Å². The first-order valence-electron chi connectivity index (χ1n) is 3.00. The molecule has 12 heavy (non-hydrogen) atoms. The van der Waals surface area contributed by atoms with E-state index in [1.165, 1.54) is 6.21 Å². The molecule has 0 amide bonds. The van der Waals surface area contributed by atoms with Crippen LogP contribution < -0.4 is 0 Å². The first-order valence-corrected chi connectivity index (χ1v) is 4.19. The monoisotopic (exact) mass is 233 g/mol. The molecule has 0 saturated carbocycles. The highest BCUT2D eigenvalue weighted by Gasteiger charge is 2.42. The molecule has 0 radical (unpaired) electrons. The van der Waals surface area contributed by atoms with Gasteiger partial charge in [-0.3, -0.25) is 4.99 Å². The zero-order chi connectivity index (χ0) is 9.35. The molecule has 1 atom stereocenters. The molecule has 1 aliphatic rings. The molecule has 0 fully saturated rings. The van der Waals surface area contributed by atoms with E-state index in [0.717, 1.165) is 6.08 Å². The third-order valence-corrected chi connectivity index (χ3v) is 2.90. The van der Waals surface area contributed by atoms with Crippen molar-refractivity contribution in [1.29, 1.82) is 0 Å². The van der Waals surface area contributed by atoms with E-state index in [0.29, 0.717) is 0 Å². The van der Waals surface area contributed by atoms with E-state index >= 15 is 0 Å². The minimum absolute atomic E-state index is 0.416. The van der Waals surface area contributed by atoms with E-state index in [4.69, 9.17) is 34.8 Å². The van der Waals surface area contributed by atoms with E-state index in [2.05, 4.69) is 4.99 Å². The molecule has 6 heteroatoms. The van der Waals surface area contributed by atoms with E-state index in [-0.39, 0.29) is 0 Å². The number of alkyl halides is 5. The smallest absolute Gasteiger partial charge is 0.263 e. The fraction of sp³-hybridized carbons (Fsp3) is 0.500. The second kappa shape index (κ2) is 3.48. The number of hydrogen-bond donors (Lipinski definition) is 0. The van der Waals surface area contributed by atoms with Crippen molar-refractivity contribution in [3.05, 3.63) is 11.6 Å². The molecule has 0 bridgehead atoms. The van der Waals surface area contributed by atoms with Crippen LogP contribution in [-0.2, 0) is 0 Å². The summed E-state index contributed by atoms with van der Waals surface area (Å²) in [5.74, 6) is 0. The lowest BCUT2D eigenvalue weighted by molar-refractivity contribution is 0.183. The van der Waals surface area contributed by atoms with E-state index in [9.17, 15) is 8.78 Å². The summed E-state index contributed by atoms with van der Waals surface area (Å²) in [6.07, 6.45) is -0.473. The second-order valence-corrected chi connectivity index (χ2v) is 3.98. The van der Waals surface area contributed by atoms with Crippen LogP contribution in [0, 0.1) is 0 Å². The maximum atomic E-state index is 12.2. The van der Waals surface area contributed by atoms with Crippen molar-refractivity contribution < 1.29 is 8.78 Å². The summed E-state index contributed by atoms with van der Waals surface area (Å²) in [5.41, 5.74) is -1.48. The van der Waals surface area contributed by atoms with Gasteiger partial charge < -0.3 is 0 Å². The summed E-state index contributed by atoms with van der Waals surface area (Å²) in [6, 6.07) is 0. The van der Waals surface area contributed by atoms with Gasteiger partial charge in [-0.2, -0.15) is 0 Å². The van der Waals surface area contributed by atoms with Gasteiger partial charge in [-0.05, 0) is 6.08 Å². The number of aliphatic imine (C=N–C) groups is 1. The van der Waals surface area contributed by atoms with Crippen molar-refractivity contribution in [2.45, 2.75) is 16.3 Å². The quantitative estimate of drug-likeness (QED) is 0.488. The van der Waals surface area contributed by atoms with Crippen molar-refractivity contribution in [2.75, 3.05) is 0 Å². The van der Waals surface area contributed by atoms with Gasteiger partial charge in [0.05, 0.1) is 0 Å². The van der Waals surface area contributed by atoms with Crippen molar-refractivity contribution in [3.63, 3.8) is 0 Å². The predicted molar refractivity (Wildman–Crippen MR) is 46.7 cm³/mol. The minimum Gasteiger partial charge on any atom is -0.270 e. The topological polar surface area (TPSA) is 12.4 Å². The van der Waals surface area contributed by atoms with Gasteiger partial charge in [0.2, 0.25) is 0 Å². The molecular weight excluding hydrogens is 230 g/mol. The predicted octanol–water partition coefficient (Wildman–Crippen LogP) is 3.00. The summed E-state index contributed by atoms with van der Waals surface area (Å²) in [7, 11) is 0. The normalized spacial score (nSPS) is 27.5. The Labute approximate surface area is 83.0 Å². The first kappa shape index (κ1) is 10.2. The van der Waals surface area contributed by atoms with Gasteiger partial charge in [0, 0.05) is 11.8 Å². The Hall–Kier alpha value is 0.140. The zero-order valence-corrected chi connectivity index (χ0v) is 7.91. The van der Waals surface area contributed by atoms with Crippen LogP contribution in [0.15, 0.2) is 16.6 Å². The molecule has 0 aromatic carbocycles. The standard InChI is InChI=1S/C6H4Cl3F2N/c7-5-6(8,9)3(4(10)11)1-2-12-5/h1-2,4-5H. The third-order valence-electron chi connectivity index (χ3n) is 1.39. The molecule has 1 heterocycles. The molecule has 1 nitrogen and oxygen atoms in total. The molecule has 0 aliphatic carbocycles. The van der Waals surface area contributed by atoms with Crippen LogP contribution in [-0.4, -0.2) is 22.5 Å². The Bertz CT molecular complexity index is 237. The van der Waals surface area contributed by atoms with Crippen LogP contribution in [0.3, 0.4) is 0 Å². The van der Waals surface area contributed by atoms with Gasteiger partial charge in [-0.15, -0.1) is 0 Å². The average molecular weight is 234 g/mol. The van der Waals surface area contributed by atoms with E-state index in [1.807, 2.05) is 0 Å². The Morgan fingerprint density at radius 1 is 1.50 bits per heavy atom. The first-order chi connectivity index (χ1) is 5.46. The SMILES string of the molecule is FC(F)C1=CC=NC(Cl)C1(Cl)Cl. The number of halogens is 5. The highest BCUT2D eigenvalue weighted by Crippen LogP contribution is 2.41. The summed E-state index contributed by atoms with van der Waals surface area (Å²) in [6.45, 7) is 0. The summed E-state index contributed by atoms with van der Waals surface area (Å²) < 4.78 is 22.7. The number of dihydropyridines is 1. The lowest BCUT2D eigenvalue weighted by atomic mass is 10.1. The maximum absolute atomic E-state index is 12.2. The largest absolute Gasteiger partial charge is 0.270 e. The van der Waals surface area contributed by atoms with Crippen LogP contribution in [0.2, 0.25) is 0 Å². The van der Waals surface area contributed by atoms with E-state index in [1.54, 1.807) is 0 Å². The van der Waals surface area contributed by atoms with Gasteiger partial charge in [0.15, 0.2) is 9.83 Å². The fourth-order valence-corrected chi connectivity index (χ4v) is 1.35. The Morgan fingerprint density at radius 2 is 2.08 bits per heavy atom. The molecule has 1 unspecified atom stereocenters. The zero-order valence-electron chi connectivity index (χ0n) is 5.65. The highest BCUT2D eigenvalue weighted by molar-refractivity contribution is 6.54. The van der Waals surface area contributed by atoms with Gasteiger partial charge in [-0.1, -0.05) is 34.8 Å². The summed E-state index contributed by atoms with van der Waals surface area (Å²) in [5, 5.41) is 0. The van der Waals surface area contributed by atoms with Gasteiger partial charge in [0.1, 0.15) is 0 Å². The average Bonchev–Trinajstić information content (AvgIpc) is 1.94. The number of hydrogen-bond acceptors (Lipinski definition) is 1. The minimum atomic E-state index is -2.71. The lowest BCUT2D eigenvalue weighted by Gasteiger charge is -2.27. The number of allylic oxidation sites excluding steroid dienone is 1. The molecule has 0 saturated heterocycles. The molecule has 1 aliphatic heterocycles. The van der Waals surface area contributed by atoms with Crippen molar-refractivity contribution in [3.8, 4) is 0 Å². The Morgan fingerprint density at radius 3 is 2.50 bits per heavy atom. The summed E-state index contributed by atoms with van der Waals surface area (Å²) >= 11 is 16.6. The van der Waals surface area contributed by atoms with Crippen LogP contribution in [0.4, 0.5) is 8.78 Å². The molecule has 0 spiro atoms. The molecular formula is C6H4Cl3F2N. The Balaban J connectivity index is 2.98. The number of rotatable bonds is 1. The second-order valence-electron chi connectivity index (χ2n) is 2.18. The molecule has 0 aromatic rings. The Kier molecular flexibility index (Phi) is 2.97. The van der Waals surface area contributed by atoms with Gasteiger partial charge >= 0.3 is 0 Å². The molecule has 0 aromatic heterocycles. The number of nitrogens with zero attached hydrogens (tertiary/aromatic N) is 1. The van der Waals surface area contributed by atoms with Crippen molar-refractivity contribution in [1.82, 2.24) is 0 Å². The highest BCUT2D eigenvalue weighted by atomic mass is 35.5. The van der Waals surface area contributed by atoms with Crippen LogP contribution in [0.1, 0.15) is 0 Å². The lowest BCUT2D eigenvalue weighted by Crippen LogP contribution is -2.33. The molecule has 0 N–H and O–H groups in total. The van der Waals surface area contributed by atoms with Crippen LogP contribution >= 0.6 is 34.8 Å². The fourth-order valence-electron chi connectivity index (χ4n) is 0.759. The maximum Gasteiger partial charge on any atom is 0.263 e.